The number of anilines is 1. The molecule has 0 fully saturated rings. The molecule has 33 heavy (non-hydrogen) atoms. The minimum absolute atomic E-state index is 0.0469. The lowest BCUT2D eigenvalue weighted by Gasteiger charge is -2.13. The molecule has 7 nitrogen and oxygen atoms in total. The highest BCUT2D eigenvalue weighted by Crippen LogP contribution is 2.24. The second-order valence-corrected chi connectivity index (χ2v) is 8.26. The van der Waals surface area contributed by atoms with Gasteiger partial charge in [-0.1, -0.05) is 19.9 Å². The van der Waals surface area contributed by atoms with Gasteiger partial charge in [0.05, 0.1) is 23.3 Å². The van der Waals surface area contributed by atoms with Crippen LogP contribution in [-0.2, 0) is 11.3 Å². The highest BCUT2D eigenvalue weighted by molar-refractivity contribution is 5.91. The van der Waals surface area contributed by atoms with E-state index in [2.05, 4.69) is 15.5 Å². The Balaban J connectivity index is 1.78. The van der Waals surface area contributed by atoms with Crippen LogP contribution in [0.15, 0.2) is 47.4 Å². The number of amides is 1. The fourth-order valence-electron chi connectivity index (χ4n) is 3.60. The zero-order valence-electron chi connectivity index (χ0n) is 18.7. The van der Waals surface area contributed by atoms with Crippen LogP contribution < -0.4 is 10.9 Å². The summed E-state index contributed by atoms with van der Waals surface area (Å²) in [6.07, 6.45) is 1.60. The van der Waals surface area contributed by atoms with Crippen LogP contribution in [0.5, 0.6) is 0 Å². The Kier molecular flexibility index (Phi) is 5.80. The number of fused-ring (bicyclic) bond motifs is 1. The summed E-state index contributed by atoms with van der Waals surface area (Å²) in [6.45, 7) is 7.39. The van der Waals surface area contributed by atoms with Gasteiger partial charge >= 0.3 is 0 Å². The quantitative estimate of drug-likeness (QED) is 0.492. The molecule has 0 aliphatic heterocycles. The Hall–Kier alpha value is -3.88. The molecule has 1 N–H and O–H groups in total. The summed E-state index contributed by atoms with van der Waals surface area (Å²) in [5.41, 5.74) is 3.12. The zero-order chi connectivity index (χ0) is 23.9. The Bertz CT molecular complexity index is 1440. The number of hydrogen-bond donors (Lipinski definition) is 1. The summed E-state index contributed by atoms with van der Waals surface area (Å²) in [5.74, 6) is -2.37. The third-order valence-electron chi connectivity index (χ3n) is 5.49. The van der Waals surface area contributed by atoms with E-state index in [-0.39, 0.29) is 11.6 Å². The van der Waals surface area contributed by atoms with E-state index in [9.17, 15) is 18.4 Å². The van der Waals surface area contributed by atoms with E-state index in [1.54, 1.807) is 10.9 Å². The lowest BCUT2D eigenvalue weighted by molar-refractivity contribution is -0.117. The van der Waals surface area contributed by atoms with Crippen molar-refractivity contribution in [2.75, 3.05) is 5.32 Å². The van der Waals surface area contributed by atoms with Gasteiger partial charge in [-0.3, -0.25) is 9.59 Å². The maximum absolute atomic E-state index is 13.9. The predicted octanol–water partition coefficient (Wildman–Crippen LogP) is 4.24. The standard InChI is InChI=1S/C24H23F2N5O2/c1-13(2)22-18-11-27-31(17-7-5-14(3)15(4)9-17)23(18)24(33)30(29-22)12-21(32)28-20-8-6-16(25)10-19(20)26/h5-11,13H,12H2,1-4H3,(H,28,32). The minimum atomic E-state index is -0.908. The summed E-state index contributed by atoms with van der Waals surface area (Å²) < 4.78 is 29.6. The monoisotopic (exact) mass is 451 g/mol. The Morgan fingerprint density at radius 2 is 1.85 bits per heavy atom. The SMILES string of the molecule is Cc1ccc(-n2ncc3c(C(C)C)nn(CC(=O)Nc4ccc(F)cc4F)c(=O)c32)cc1C. The van der Waals surface area contributed by atoms with E-state index in [1.165, 1.54) is 0 Å². The number of aromatic nitrogens is 4. The Morgan fingerprint density at radius 1 is 1.09 bits per heavy atom. The highest BCUT2D eigenvalue weighted by Gasteiger charge is 2.20. The zero-order valence-corrected chi connectivity index (χ0v) is 18.7. The number of aryl methyl sites for hydroxylation is 2. The highest BCUT2D eigenvalue weighted by atomic mass is 19.1. The minimum Gasteiger partial charge on any atom is -0.322 e. The fraction of sp³-hybridized carbons (Fsp3) is 0.250. The van der Waals surface area contributed by atoms with Crippen molar-refractivity contribution in [3.05, 3.63) is 81.4 Å². The van der Waals surface area contributed by atoms with Crippen LogP contribution in [0.3, 0.4) is 0 Å². The fourth-order valence-corrected chi connectivity index (χ4v) is 3.60. The summed E-state index contributed by atoms with van der Waals surface area (Å²) in [6, 6.07) is 8.59. The van der Waals surface area contributed by atoms with E-state index in [4.69, 9.17) is 0 Å². The summed E-state index contributed by atoms with van der Waals surface area (Å²) in [7, 11) is 0. The van der Waals surface area contributed by atoms with E-state index < -0.39 is 29.6 Å². The average molecular weight is 451 g/mol. The first-order chi connectivity index (χ1) is 15.7. The lowest BCUT2D eigenvalue weighted by Crippen LogP contribution is -2.31. The molecular formula is C24H23F2N5O2. The van der Waals surface area contributed by atoms with Crippen molar-refractivity contribution in [3.8, 4) is 5.69 Å². The molecule has 0 aliphatic carbocycles. The molecule has 0 saturated heterocycles. The third-order valence-corrected chi connectivity index (χ3v) is 5.49. The molecule has 0 unspecified atom stereocenters. The van der Waals surface area contributed by atoms with Crippen LogP contribution in [0.1, 0.15) is 36.6 Å². The van der Waals surface area contributed by atoms with Crippen LogP contribution >= 0.6 is 0 Å². The molecule has 2 aromatic carbocycles. The van der Waals surface area contributed by atoms with Crippen molar-refractivity contribution >= 4 is 22.5 Å². The van der Waals surface area contributed by atoms with Crippen LogP contribution in [0.4, 0.5) is 14.5 Å². The molecule has 0 atom stereocenters. The molecule has 0 spiro atoms. The molecule has 0 aliphatic rings. The van der Waals surface area contributed by atoms with Gasteiger partial charge in [-0.15, -0.1) is 0 Å². The van der Waals surface area contributed by atoms with Gasteiger partial charge in [0.25, 0.3) is 5.56 Å². The number of halogens is 2. The molecule has 1 amide bonds. The second-order valence-electron chi connectivity index (χ2n) is 8.26. The molecule has 0 saturated carbocycles. The largest absolute Gasteiger partial charge is 0.322 e. The summed E-state index contributed by atoms with van der Waals surface area (Å²) >= 11 is 0. The average Bonchev–Trinajstić information content (AvgIpc) is 3.19. The van der Waals surface area contributed by atoms with E-state index in [0.717, 1.165) is 33.6 Å². The molecule has 2 aromatic heterocycles. The number of benzene rings is 2. The lowest BCUT2D eigenvalue weighted by atomic mass is 10.1. The molecule has 4 rings (SSSR count). The van der Waals surface area contributed by atoms with Crippen molar-refractivity contribution in [3.63, 3.8) is 0 Å². The molecule has 0 radical (unpaired) electrons. The van der Waals surface area contributed by atoms with Gasteiger partial charge in [-0.25, -0.2) is 18.1 Å². The first-order valence-electron chi connectivity index (χ1n) is 10.5. The van der Waals surface area contributed by atoms with Crippen LogP contribution in [-0.4, -0.2) is 25.5 Å². The van der Waals surface area contributed by atoms with Crippen LogP contribution in [0, 0.1) is 25.5 Å². The molecule has 2 heterocycles. The topological polar surface area (TPSA) is 81.8 Å². The van der Waals surface area contributed by atoms with Crippen molar-refractivity contribution in [1.82, 2.24) is 19.6 Å². The number of carbonyl (C=O) groups excluding carboxylic acids is 1. The van der Waals surface area contributed by atoms with Crippen LogP contribution in [0.25, 0.3) is 16.6 Å². The molecule has 0 bridgehead atoms. The molecule has 4 aromatic rings. The number of rotatable bonds is 5. The van der Waals surface area contributed by atoms with E-state index in [0.29, 0.717) is 22.7 Å². The van der Waals surface area contributed by atoms with Crippen molar-refractivity contribution < 1.29 is 13.6 Å². The third kappa shape index (κ3) is 4.26. The number of hydrogen-bond acceptors (Lipinski definition) is 4. The van der Waals surface area contributed by atoms with Gasteiger partial charge in [0.2, 0.25) is 5.91 Å². The first-order valence-corrected chi connectivity index (χ1v) is 10.5. The number of nitrogens with one attached hydrogen (secondary N) is 1. The van der Waals surface area contributed by atoms with Crippen molar-refractivity contribution in [2.45, 2.75) is 40.2 Å². The van der Waals surface area contributed by atoms with Gasteiger partial charge in [-0.05, 0) is 55.2 Å². The van der Waals surface area contributed by atoms with Gasteiger partial charge < -0.3 is 5.32 Å². The summed E-state index contributed by atoms with van der Waals surface area (Å²) in [4.78, 5) is 25.9. The molecule has 170 valence electrons. The van der Waals surface area contributed by atoms with Gasteiger partial charge in [0.1, 0.15) is 23.7 Å². The van der Waals surface area contributed by atoms with Crippen molar-refractivity contribution in [2.24, 2.45) is 0 Å². The number of carbonyl (C=O) groups is 1. The van der Waals surface area contributed by atoms with Crippen LogP contribution in [0.2, 0.25) is 0 Å². The number of nitrogens with zero attached hydrogens (tertiary/aromatic N) is 4. The first kappa shape index (κ1) is 22.3. The maximum atomic E-state index is 13.9. The van der Waals surface area contributed by atoms with Gasteiger partial charge in [0, 0.05) is 11.5 Å². The van der Waals surface area contributed by atoms with Gasteiger partial charge in [-0.2, -0.15) is 10.2 Å². The van der Waals surface area contributed by atoms with E-state index in [1.807, 2.05) is 45.9 Å². The maximum Gasteiger partial charge on any atom is 0.293 e. The van der Waals surface area contributed by atoms with Crippen molar-refractivity contribution in [1.29, 1.82) is 0 Å². The second kappa shape index (κ2) is 8.57. The molecule has 9 heteroatoms. The normalized spacial score (nSPS) is 11.4. The predicted molar refractivity (Wildman–Crippen MR) is 122 cm³/mol. The Morgan fingerprint density at radius 3 is 2.52 bits per heavy atom. The Labute approximate surface area is 188 Å². The van der Waals surface area contributed by atoms with E-state index >= 15 is 0 Å². The van der Waals surface area contributed by atoms with Gasteiger partial charge in [0.15, 0.2) is 0 Å². The molecular weight excluding hydrogens is 428 g/mol. The summed E-state index contributed by atoms with van der Waals surface area (Å²) in [5, 5.41) is 11.8. The smallest absolute Gasteiger partial charge is 0.293 e.